The van der Waals surface area contributed by atoms with E-state index in [9.17, 15) is 14.4 Å². The molecule has 1 unspecified atom stereocenters. The standard InChI is InChI=1S/C64H112O6/c1-4-7-10-13-16-19-22-25-28-30-32-34-36-39-42-45-48-51-54-57-63(66)69-60-61(59-68-62(65)56-53-50-47-44-41-38-27-24-21-18-15-12-9-6-3)70-64(67)58-55-52-49-46-43-40-37-35-33-31-29-26-23-20-17-14-11-8-5-2/h7,10,16-17,19-20,23,25-26,28,38,41,61H,4-6,8-9,11-15,18,21-22,24,27,29-37,39-40,42-60H2,1-3H3/b10-7-,19-16-,20-17-,26-23-,28-25-,41-38-. The largest absolute Gasteiger partial charge is 0.462 e. The predicted octanol–water partition coefficient (Wildman–Crippen LogP) is 20.2. The van der Waals surface area contributed by atoms with E-state index in [4.69, 9.17) is 14.2 Å². The topological polar surface area (TPSA) is 78.9 Å². The summed E-state index contributed by atoms with van der Waals surface area (Å²) in [5.74, 6) is -0.897. The summed E-state index contributed by atoms with van der Waals surface area (Å²) >= 11 is 0. The minimum atomic E-state index is -0.786. The molecule has 0 fully saturated rings. The van der Waals surface area contributed by atoms with E-state index in [1.54, 1.807) is 0 Å². The van der Waals surface area contributed by atoms with Crippen molar-refractivity contribution in [1.29, 1.82) is 0 Å². The van der Waals surface area contributed by atoms with Gasteiger partial charge in [0.2, 0.25) is 0 Å². The van der Waals surface area contributed by atoms with Gasteiger partial charge in [-0.05, 0) is 103 Å². The van der Waals surface area contributed by atoms with Gasteiger partial charge in [0.25, 0.3) is 0 Å². The van der Waals surface area contributed by atoms with Crippen molar-refractivity contribution < 1.29 is 28.6 Å². The van der Waals surface area contributed by atoms with Crippen molar-refractivity contribution >= 4 is 17.9 Å². The van der Waals surface area contributed by atoms with Crippen LogP contribution in [-0.2, 0) is 28.6 Å². The van der Waals surface area contributed by atoms with E-state index in [-0.39, 0.29) is 31.1 Å². The molecule has 0 heterocycles. The molecule has 1 atom stereocenters. The SMILES string of the molecule is CC/C=C\C/C=C\C/C=C\CCCCCCCCCCCC(=O)OCC(COC(=O)CCCCC/C=C\CCCCCCCCC)OC(=O)CCCCCCCCCCCC/C=C\C=C/CCCCC. The van der Waals surface area contributed by atoms with Crippen molar-refractivity contribution in [2.45, 2.75) is 303 Å². The molecule has 0 amide bonds. The lowest BCUT2D eigenvalue weighted by Crippen LogP contribution is -2.30. The number of hydrogen-bond acceptors (Lipinski definition) is 6. The summed E-state index contributed by atoms with van der Waals surface area (Å²) in [6, 6.07) is 0. The molecule has 0 spiro atoms. The van der Waals surface area contributed by atoms with Crippen LogP contribution in [0.5, 0.6) is 0 Å². The quantitative estimate of drug-likeness (QED) is 0.0199. The molecule has 0 saturated heterocycles. The third kappa shape index (κ3) is 55.8. The Bertz CT molecular complexity index is 1310. The third-order valence-electron chi connectivity index (χ3n) is 12.9. The summed E-state index contributed by atoms with van der Waals surface area (Å²) in [5.41, 5.74) is 0. The summed E-state index contributed by atoms with van der Waals surface area (Å²) in [5, 5.41) is 0. The second-order valence-corrected chi connectivity index (χ2v) is 19.9. The van der Waals surface area contributed by atoms with E-state index >= 15 is 0 Å². The molecule has 0 aromatic heterocycles. The van der Waals surface area contributed by atoms with E-state index in [1.807, 2.05) is 0 Å². The molecule has 0 radical (unpaired) electrons. The van der Waals surface area contributed by atoms with Gasteiger partial charge in [-0.3, -0.25) is 14.4 Å². The summed E-state index contributed by atoms with van der Waals surface area (Å²) in [7, 11) is 0. The average molecular weight is 978 g/mol. The number of hydrogen-bond donors (Lipinski definition) is 0. The van der Waals surface area contributed by atoms with Gasteiger partial charge < -0.3 is 14.2 Å². The molecule has 0 rings (SSSR count). The molecule has 0 aliphatic heterocycles. The molecule has 0 aliphatic carbocycles. The Balaban J connectivity index is 4.38. The molecule has 0 bridgehead atoms. The Kier molecular flexibility index (Phi) is 55.8. The fraction of sp³-hybridized carbons (Fsp3) is 0.766. The number of rotatable bonds is 54. The molecule has 0 saturated carbocycles. The average Bonchev–Trinajstić information content (AvgIpc) is 3.36. The van der Waals surface area contributed by atoms with Gasteiger partial charge in [-0.1, -0.05) is 248 Å². The number of carbonyl (C=O) groups is 3. The van der Waals surface area contributed by atoms with Gasteiger partial charge >= 0.3 is 17.9 Å². The van der Waals surface area contributed by atoms with Crippen LogP contribution in [-0.4, -0.2) is 37.2 Å². The maximum Gasteiger partial charge on any atom is 0.306 e. The number of allylic oxidation sites excluding steroid dienone is 12. The van der Waals surface area contributed by atoms with E-state index in [2.05, 4.69) is 93.7 Å². The number of esters is 3. The molecule has 70 heavy (non-hydrogen) atoms. The highest BCUT2D eigenvalue weighted by Gasteiger charge is 2.19. The van der Waals surface area contributed by atoms with Crippen molar-refractivity contribution in [3.8, 4) is 0 Å². The Morgan fingerprint density at radius 1 is 0.314 bits per heavy atom. The first kappa shape index (κ1) is 66.9. The molecule has 0 aromatic carbocycles. The van der Waals surface area contributed by atoms with Crippen molar-refractivity contribution in [2.24, 2.45) is 0 Å². The van der Waals surface area contributed by atoms with Gasteiger partial charge in [0.1, 0.15) is 13.2 Å². The van der Waals surface area contributed by atoms with Crippen molar-refractivity contribution in [3.63, 3.8) is 0 Å². The van der Waals surface area contributed by atoms with Crippen molar-refractivity contribution in [3.05, 3.63) is 72.9 Å². The van der Waals surface area contributed by atoms with Crippen LogP contribution in [0.3, 0.4) is 0 Å². The third-order valence-corrected chi connectivity index (χ3v) is 12.9. The predicted molar refractivity (Wildman–Crippen MR) is 302 cm³/mol. The van der Waals surface area contributed by atoms with Crippen LogP contribution in [0.15, 0.2) is 72.9 Å². The van der Waals surface area contributed by atoms with Gasteiger partial charge in [0.05, 0.1) is 0 Å². The molecule has 0 aliphatic rings. The molecule has 6 nitrogen and oxygen atoms in total. The van der Waals surface area contributed by atoms with Crippen LogP contribution < -0.4 is 0 Å². The lowest BCUT2D eigenvalue weighted by Gasteiger charge is -2.18. The first-order chi connectivity index (χ1) is 34.5. The molecular weight excluding hydrogens is 865 g/mol. The highest BCUT2D eigenvalue weighted by Crippen LogP contribution is 2.16. The monoisotopic (exact) mass is 977 g/mol. The van der Waals surface area contributed by atoms with E-state index < -0.39 is 6.10 Å². The molecule has 0 N–H and O–H groups in total. The summed E-state index contributed by atoms with van der Waals surface area (Å²) in [6.07, 6.45) is 74.6. The first-order valence-electron chi connectivity index (χ1n) is 30.0. The molecular formula is C64H112O6. The van der Waals surface area contributed by atoms with E-state index in [0.29, 0.717) is 19.3 Å². The van der Waals surface area contributed by atoms with Crippen LogP contribution in [0, 0.1) is 0 Å². The minimum absolute atomic E-state index is 0.0833. The Labute approximate surface area is 433 Å². The van der Waals surface area contributed by atoms with Gasteiger partial charge in [-0.25, -0.2) is 0 Å². The molecule has 404 valence electrons. The zero-order valence-corrected chi connectivity index (χ0v) is 46.3. The fourth-order valence-electron chi connectivity index (χ4n) is 8.44. The highest BCUT2D eigenvalue weighted by atomic mass is 16.6. The van der Waals surface area contributed by atoms with Crippen molar-refractivity contribution in [2.75, 3.05) is 13.2 Å². The van der Waals surface area contributed by atoms with Crippen molar-refractivity contribution in [1.82, 2.24) is 0 Å². The van der Waals surface area contributed by atoms with Gasteiger partial charge in [0, 0.05) is 19.3 Å². The van der Waals surface area contributed by atoms with Crippen LogP contribution in [0.2, 0.25) is 0 Å². The second-order valence-electron chi connectivity index (χ2n) is 19.9. The first-order valence-corrected chi connectivity index (χ1v) is 30.0. The molecule has 6 heteroatoms. The normalized spacial score (nSPS) is 12.6. The Hall–Kier alpha value is -3.15. The second kappa shape index (κ2) is 58.4. The zero-order valence-electron chi connectivity index (χ0n) is 46.3. The van der Waals surface area contributed by atoms with E-state index in [1.165, 1.54) is 167 Å². The number of unbranched alkanes of at least 4 members (excludes halogenated alkanes) is 32. The van der Waals surface area contributed by atoms with E-state index in [0.717, 1.165) is 89.9 Å². The van der Waals surface area contributed by atoms with Crippen LogP contribution in [0.25, 0.3) is 0 Å². The zero-order chi connectivity index (χ0) is 50.7. The minimum Gasteiger partial charge on any atom is -0.462 e. The summed E-state index contributed by atoms with van der Waals surface area (Å²) in [6.45, 7) is 6.50. The summed E-state index contributed by atoms with van der Waals surface area (Å²) in [4.78, 5) is 38.2. The maximum absolute atomic E-state index is 12.9. The summed E-state index contributed by atoms with van der Waals surface area (Å²) < 4.78 is 16.9. The Morgan fingerprint density at radius 2 is 0.600 bits per heavy atom. The Morgan fingerprint density at radius 3 is 1.01 bits per heavy atom. The fourth-order valence-corrected chi connectivity index (χ4v) is 8.44. The van der Waals surface area contributed by atoms with Gasteiger partial charge in [-0.2, -0.15) is 0 Å². The lowest BCUT2D eigenvalue weighted by atomic mass is 10.1. The molecule has 0 aromatic rings. The van der Waals surface area contributed by atoms with Gasteiger partial charge in [-0.15, -0.1) is 0 Å². The lowest BCUT2D eigenvalue weighted by molar-refractivity contribution is -0.167. The smallest absolute Gasteiger partial charge is 0.306 e. The van der Waals surface area contributed by atoms with Crippen LogP contribution in [0.4, 0.5) is 0 Å². The number of carbonyl (C=O) groups excluding carboxylic acids is 3. The maximum atomic E-state index is 12.9. The van der Waals surface area contributed by atoms with Gasteiger partial charge in [0.15, 0.2) is 6.10 Å². The van der Waals surface area contributed by atoms with Crippen LogP contribution in [0.1, 0.15) is 297 Å². The number of ether oxygens (including phenoxy) is 3. The highest BCUT2D eigenvalue weighted by molar-refractivity contribution is 5.71. The van der Waals surface area contributed by atoms with Crippen LogP contribution >= 0.6 is 0 Å².